The summed E-state index contributed by atoms with van der Waals surface area (Å²) in [6.07, 6.45) is -0.346. The summed E-state index contributed by atoms with van der Waals surface area (Å²) < 4.78 is 39.3. The zero-order valence-corrected chi connectivity index (χ0v) is 11.1. The maximum Gasteiger partial charge on any atom is 0.416 e. The fourth-order valence-electron chi connectivity index (χ4n) is 3.09. The number of halogens is 3. The van der Waals surface area contributed by atoms with Gasteiger partial charge in [0.15, 0.2) is 0 Å². The minimum atomic E-state index is -4.26. The van der Waals surface area contributed by atoms with Crippen LogP contribution in [0.2, 0.25) is 0 Å². The third kappa shape index (κ3) is 3.30. The van der Waals surface area contributed by atoms with Crippen LogP contribution in [0.5, 0.6) is 0 Å². The molecule has 0 aromatic heterocycles. The summed E-state index contributed by atoms with van der Waals surface area (Å²) in [6, 6.07) is 6.19. The predicted octanol–water partition coefficient (Wildman–Crippen LogP) is 4.34. The Morgan fingerprint density at radius 3 is 2.53 bits per heavy atom. The normalized spacial score (nSPS) is 24.4. The Morgan fingerprint density at radius 2 is 1.84 bits per heavy atom. The van der Waals surface area contributed by atoms with Gasteiger partial charge in [-0.1, -0.05) is 38.0 Å². The maximum atomic E-state index is 13.1. The lowest BCUT2D eigenvalue weighted by atomic mass is 9.78. The summed E-state index contributed by atoms with van der Waals surface area (Å²) in [4.78, 5) is 0. The van der Waals surface area contributed by atoms with E-state index in [-0.39, 0.29) is 12.0 Å². The van der Waals surface area contributed by atoms with Crippen LogP contribution < -0.4 is 5.32 Å². The van der Waals surface area contributed by atoms with Crippen molar-refractivity contribution >= 4 is 0 Å². The zero-order chi connectivity index (χ0) is 13.9. The highest BCUT2D eigenvalue weighted by molar-refractivity contribution is 5.34. The molecular weight excluding hydrogens is 251 g/mol. The fourth-order valence-corrected chi connectivity index (χ4v) is 3.09. The second-order valence-electron chi connectivity index (χ2n) is 5.14. The molecule has 2 atom stereocenters. The van der Waals surface area contributed by atoms with E-state index in [1.54, 1.807) is 12.1 Å². The summed E-state index contributed by atoms with van der Waals surface area (Å²) in [5.74, 6) is -0.0217. The van der Waals surface area contributed by atoms with Crippen LogP contribution >= 0.6 is 0 Å². The van der Waals surface area contributed by atoms with Crippen LogP contribution in [0.1, 0.15) is 49.7 Å². The Morgan fingerprint density at radius 1 is 1.16 bits per heavy atom. The van der Waals surface area contributed by atoms with Crippen LogP contribution in [0.15, 0.2) is 24.3 Å². The van der Waals surface area contributed by atoms with Gasteiger partial charge in [-0.25, -0.2) is 0 Å². The van der Waals surface area contributed by atoms with Crippen molar-refractivity contribution in [3.8, 4) is 0 Å². The van der Waals surface area contributed by atoms with Crippen molar-refractivity contribution in [1.29, 1.82) is 0 Å². The Bertz CT molecular complexity index is 412. The molecular formula is C15H20F3N. The van der Waals surface area contributed by atoms with E-state index in [2.05, 4.69) is 5.32 Å². The molecule has 1 fully saturated rings. The quantitative estimate of drug-likeness (QED) is 0.862. The molecule has 2 unspecified atom stereocenters. The lowest BCUT2D eigenvalue weighted by molar-refractivity contribution is -0.138. The number of alkyl halides is 3. The summed E-state index contributed by atoms with van der Waals surface area (Å²) in [7, 11) is 0. The van der Waals surface area contributed by atoms with Crippen molar-refractivity contribution in [1.82, 2.24) is 5.32 Å². The summed E-state index contributed by atoms with van der Waals surface area (Å²) >= 11 is 0. The summed E-state index contributed by atoms with van der Waals surface area (Å²) in [5.41, 5.74) is -0.00884. The third-order valence-corrected chi connectivity index (χ3v) is 3.90. The molecule has 2 rings (SSSR count). The van der Waals surface area contributed by atoms with Crippen LogP contribution in [-0.2, 0) is 6.18 Å². The number of rotatable bonds is 3. The Hall–Kier alpha value is -1.03. The fraction of sp³-hybridized carbons (Fsp3) is 0.600. The van der Waals surface area contributed by atoms with Crippen LogP contribution in [0.4, 0.5) is 13.2 Å². The number of benzene rings is 1. The summed E-state index contributed by atoms with van der Waals surface area (Å²) in [6.45, 7) is 2.80. The molecule has 0 saturated heterocycles. The van der Waals surface area contributed by atoms with Gasteiger partial charge >= 0.3 is 6.18 Å². The van der Waals surface area contributed by atoms with Gasteiger partial charge in [0, 0.05) is 6.04 Å². The van der Waals surface area contributed by atoms with Crippen LogP contribution in [0, 0.1) is 0 Å². The van der Waals surface area contributed by atoms with Crippen molar-refractivity contribution in [3.05, 3.63) is 35.4 Å². The van der Waals surface area contributed by atoms with Crippen LogP contribution in [0.3, 0.4) is 0 Å². The highest BCUT2D eigenvalue weighted by Crippen LogP contribution is 2.40. The molecule has 1 aliphatic carbocycles. The first-order valence-electron chi connectivity index (χ1n) is 6.93. The van der Waals surface area contributed by atoms with Crippen molar-refractivity contribution in [2.75, 3.05) is 6.54 Å². The van der Waals surface area contributed by atoms with Crippen molar-refractivity contribution in [3.63, 3.8) is 0 Å². The molecule has 1 N–H and O–H groups in total. The molecule has 0 heterocycles. The molecule has 1 nitrogen and oxygen atoms in total. The Balaban J connectivity index is 2.33. The molecule has 1 aliphatic rings. The molecule has 0 amide bonds. The van der Waals surface area contributed by atoms with Crippen molar-refractivity contribution < 1.29 is 13.2 Å². The van der Waals surface area contributed by atoms with E-state index in [0.717, 1.165) is 32.2 Å². The van der Waals surface area contributed by atoms with Gasteiger partial charge in [-0.15, -0.1) is 0 Å². The van der Waals surface area contributed by atoms with E-state index in [4.69, 9.17) is 0 Å². The van der Waals surface area contributed by atoms with Gasteiger partial charge in [0.1, 0.15) is 0 Å². The SMILES string of the molecule is CCNC1CCCCC1c1ccccc1C(F)(F)F. The largest absolute Gasteiger partial charge is 0.416 e. The van der Waals surface area contributed by atoms with Crippen LogP contribution in [0.25, 0.3) is 0 Å². The molecule has 19 heavy (non-hydrogen) atoms. The van der Waals surface area contributed by atoms with Gasteiger partial charge in [0.05, 0.1) is 5.56 Å². The molecule has 0 aliphatic heterocycles. The highest BCUT2D eigenvalue weighted by atomic mass is 19.4. The molecule has 0 spiro atoms. The van der Waals surface area contributed by atoms with Crippen molar-refractivity contribution in [2.24, 2.45) is 0 Å². The highest BCUT2D eigenvalue weighted by Gasteiger charge is 2.37. The van der Waals surface area contributed by atoms with E-state index >= 15 is 0 Å². The average Bonchev–Trinajstić information content (AvgIpc) is 2.39. The van der Waals surface area contributed by atoms with Gasteiger partial charge in [-0.05, 0) is 36.9 Å². The lowest BCUT2D eigenvalue weighted by Crippen LogP contribution is -2.37. The van der Waals surface area contributed by atoms with Gasteiger partial charge in [0.2, 0.25) is 0 Å². The maximum absolute atomic E-state index is 13.1. The number of likely N-dealkylation sites (N-methyl/N-ethyl adjacent to an activating group) is 1. The summed E-state index contributed by atoms with van der Waals surface area (Å²) in [5, 5.41) is 3.34. The first kappa shape index (κ1) is 14.4. The lowest BCUT2D eigenvalue weighted by Gasteiger charge is -2.34. The monoisotopic (exact) mass is 271 g/mol. The van der Waals surface area contributed by atoms with E-state index in [9.17, 15) is 13.2 Å². The zero-order valence-electron chi connectivity index (χ0n) is 11.1. The Kier molecular flexibility index (Phi) is 4.50. The molecule has 1 aromatic rings. The van der Waals surface area contributed by atoms with E-state index in [1.807, 2.05) is 6.92 Å². The van der Waals surface area contributed by atoms with E-state index < -0.39 is 11.7 Å². The van der Waals surface area contributed by atoms with Crippen LogP contribution in [-0.4, -0.2) is 12.6 Å². The van der Waals surface area contributed by atoms with Gasteiger partial charge in [0.25, 0.3) is 0 Å². The average molecular weight is 271 g/mol. The standard InChI is InChI=1S/C15H20F3N/c1-2-19-14-10-6-4-8-12(14)11-7-3-5-9-13(11)15(16,17)18/h3,5,7,9,12,14,19H,2,4,6,8,10H2,1H3. The minimum Gasteiger partial charge on any atom is -0.314 e. The van der Waals surface area contributed by atoms with Gasteiger partial charge in [-0.3, -0.25) is 0 Å². The first-order valence-corrected chi connectivity index (χ1v) is 6.93. The first-order chi connectivity index (χ1) is 9.04. The molecule has 1 saturated carbocycles. The topological polar surface area (TPSA) is 12.0 Å². The number of nitrogens with one attached hydrogen (secondary N) is 1. The molecule has 0 bridgehead atoms. The molecule has 0 radical (unpaired) electrons. The van der Waals surface area contributed by atoms with E-state index in [0.29, 0.717) is 5.56 Å². The molecule has 1 aromatic carbocycles. The third-order valence-electron chi connectivity index (χ3n) is 3.90. The number of hydrogen-bond donors (Lipinski definition) is 1. The van der Waals surface area contributed by atoms with Crippen molar-refractivity contribution in [2.45, 2.75) is 50.7 Å². The number of hydrogen-bond acceptors (Lipinski definition) is 1. The minimum absolute atomic E-state index is 0.0217. The van der Waals surface area contributed by atoms with E-state index in [1.165, 1.54) is 12.1 Å². The second kappa shape index (κ2) is 5.95. The molecule has 106 valence electrons. The Labute approximate surface area is 112 Å². The predicted molar refractivity (Wildman–Crippen MR) is 70.1 cm³/mol. The van der Waals surface area contributed by atoms with Gasteiger partial charge < -0.3 is 5.32 Å². The van der Waals surface area contributed by atoms with Gasteiger partial charge in [-0.2, -0.15) is 13.2 Å². The molecule has 4 heteroatoms. The smallest absolute Gasteiger partial charge is 0.314 e. The second-order valence-corrected chi connectivity index (χ2v) is 5.14.